The van der Waals surface area contributed by atoms with Crippen LogP contribution in [0.25, 0.3) is 0 Å². The Balaban J connectivity index is 2.65. The quantitative estimate of drug-likeness (QED) is 0.743. The minimum atomic E-state index is 0.0334. The number of amides is 2. The van der Waals surface area contributed by atoms with E-state index in [1.165, 1.54) is 0 Å². The lowest BCUT2D eigenvalue weighted by molar-refractivity contribution is -0.116. The fraction of sp³-hybridized carbons (Fsp3) is 0.385. The van der Waals surface area contributed by atoms with Gasteiger partial charge in [0.25, 0.3) is 0 Å². The van der Waals surface area contributed by atoms with Crippen LogP contribution >= 0.6 is 0 Å². The van der Waals surface area contributed by atoms with Gasteiger partial charge in [0.15, 0.2) is 0 Å². The van der Waals surface area contributed by atoms with Crippen molar-refractivity contribution in [1.82, 2.24) is 0 Å². The topological polar surface area (TPSA) is 58.2 Å². The monoisotopic (exact) mass is 234 g/mol. The van der Waals surface area contributed by atoms with Gasteiger partial charge in [-0.3, -0.25) is 9.59 Å². The first-order chi connectivity index (χ1) is 8.17. The summed E-state index contributed by atoms with van der Waals surface area (Å²) in [6, 6.07) is 5.38. The summed E-state index contributed by atoms with van der Waals surface area (Å²) in [6.07, 6.45) is 3.09. The van der Waals surface area contributed by atoms with Crippen molar-refractivity contribution in [3.63, 3.8) is 0 Å². The van der Waals surface area contributed by atoms with Crippen LogP contribution in [-0.2, 0) is 9.59 Å². The highest BCUT2D eigenvalue weighted by Crippen LogP contribution is 2.19. The van der Waals surface area contributed by atoms with E-state index >= 15 is 0 Å². The molecule has 0 aromatic heterocycles. The molecule has 1 aromatic rings. The third-order valence-corrected chi connectivity index (χ3v) is 2.48. The third-order valence-electron chi connectivity index (χ3n) is 2.48. The number of nitrogens with one attached hydrogen (secondary N) is 2. The van der Waals surface area contributed by atoms with Gasteiger partial charge in [-0.1, -0.05) is 13.3 Å². The van der Waals surface area contributed by atoms with Crippen LogP contribution in [0.1, 0.15) is 31.7 Å². The van der Waals surface area contributed by atoms with Crippen molar-refractivity contribution in [2.75, 3.05) is 10.6 Å². The van der Waals surface area contributed by atoms with E-state index in [1.54, 1.807) is 12.1 Å². The fourth-order valence-corrected chi connectivity index (χ4v) is 1.51. The molecule has 4 nitrogen and oxygen atoms in total. The predicted octanol–water partition coefficient (Wildman–Crippen LogP) is 2.69. The highest BCUT2D eigenvalue weighted by atomic mass is 16.1. The minimum absolute atomic E-state index is 0.0334. The maximum Gasteiger partial charge on any atom is 0.224 e. The van der Waals surface area contributed by atoms with E-state index in [0.717, 1.165) is 29.8 Å². The molecule has 1 aromatic carbocycles. The number of carbonyl (C=O) groups excluding carboxylic acids is 2. The van der Waals surface area contributed by atoms with Gasteiger partial charge in [-0.2, -0.15) is 0 Å². The molecule has 92 valence electrons. The molecule has 2 N–H and O–H groups in total. The second kappa shape index (κ2) is 6.68. The van der Waals surface area contributed by atoms with Gasteiger partial charge in [-0.05, 0) is 37.1 Å². The molecule has 0 aliphatic rings. The van der Waals surface area contributed by atoms with Crippen LogP contribution in [-0.4, -0.2) is 12.3 Å². The molecular formula is C13H18N2O2. The Morgan fingerprint density at radius 2 is 2.18 bits per heavy atom. The maximum atomic E-state index is 11.6. The second-order valence-electron chi connectivity index (χ2n) is 3.94. The molecule has 0 aliphatic carbocycles. The summed E-state index contributed by atoms with van der Waals surface area (Å²) in [5, 5.41) is 5.43. The molecule has 0 unspecified atom stereocenters. The summed E-state index contributed by atoms with van der Waals surface area (Å²) in [5.41, 5.74) is 2.45. The van der Waals surface area contributed by atoms with Crippen molar-refractivity contribution in [3.05, 3.63) is 23.8 Å². The lowest BCUT2D eigenvalue weighted by atomic mass is 10.1. The van der Waals surface area contributed by atoms with Crippen molar-refractivity contribution in [2.45, 2.75) is 33.1 Å². The van der Waals surface area contributed by atoms with Crippen LogP contribution in [0.3, 0.4) is 0 Å². The predicted molar refractivity (Wildman–Crippen MR) is 69.0 cm³/mol. The van der Waals surface area contributed by atoms with Gasteiger partial charge in [-0.25, -0.2) is 0 Å². The van der Waals surface area contributed by atoms with Gasteiger partial charge in [0, 0.05) is 17.8 Å². The zero-order valence-electron chi connectivity index (χ0n) is 10.2. The molecule has 0 fully saturated rings. The molecule has 0 atom stereocenters. The van der Waals surface area contributed by atoms with Crippen LogP contribution < -0.4 is 10.6 Å². The van der Waals surface area contributed by atoms with Crippen LogP contribution in [0.5, 0.6) is 0 Å². The Hall–Kier alpha value is -1.84. The van der Waals surface area contributed by atoms with E-state index in [2.05, 4.69) is 17.6 Å². The number of benzene rings is 1. The minimum Gasteiger partial charge on any atom is -0.329 e. The largest absolute Gasteiger partial charge is 0.329 e. The number of hydrogen-bond acceptors (Lipinski definition) is 2. The molecule has 0 saturated heterocycles. The molecule has 0 bridgehead atoms. The Morgan fingerprint density at radius 3 is 2.76 bits per heavy atom. The van der Waals surface area contributed by atoms with Gasteiger partial charge in [-0.15, -0.1) is 0 Å². The zero-order chi connectivity index (χ0) is 12.7. The first-order valence-electron chi connectivity index (χ1n) is 5.78. The van der Waals surface area contributed by atoms with Crippen molar-refractivity contribution in [2.24, 2.45) is 0 Å². The zero-order valence-corrected chi connectivity index (χ0v) is 10.2. The number of carbonyl (C=O) groups is 2. The van der Waals surface area contributed by atoms with Gasteiger partial charge in [0.2, 0.25) is 12.3 Å². The third kappa shape index (κ3) is 4.26. The Kier molecular flexibility index (Phi) is 5.20. The van der Waals surface area contributed by atoms with Crippen LogP contribution in [0, 0.1) is 6.92 Å². The van der Waals surface area contributed by atoms with E-state index in [0.29, 0.717) is 12.8 Å². The molecular weight excluding hydrogens is 216 g/mol. The van der Waals surface area contributed by atoms with E-state index in [1.807, 2.05) is 13.0 Å². The summed E-state index contributed by atoms with van der Waals surface area (Å²) in [5.74, 6) is 0.0334. The summed E-state index contributed by atoms with van der Waals surface area (Å²) < 4.78 is 0. The van der Waals surface area contributed by atoms with E-state index in [4.69, 9.17) is 0 Å². The summed E-state index contributed by atoms with van der Waals surface area (Å²) in [4.78, 5) is 21.8. The highest BCUT2D eigenvalue weighted by molar-refractivity contribution is 5.91. The van der Waals surface area contributed by atoms with Crippen LogP contribution in [0.2, 0.25) is 0 Å². The van der Waals surface area contributed by atoms with Crippen molar-refractivity contribution in [3.8, 4) is 0 Å². The fourth-order valence-electron chi connectivity index (χ4n) is 1.51. The molecule has 4 heteroatoms. The highest BCUT2D eigenvalue weighted by Gasteiger charge is 2.04. The molecule has 17 heavy (non-hydrogen) atoms. The molecule has 0 saturated carbocycles. The molecule has 0 heterocycles. The number of rotatable bonds is 6. The van der Waals surface area contributed by atoms with Gasteiger partial charge >= 0.3 is 0 Å². The number of unbranched alkanes of at least 4 members (excludes halogenated alkanes) is 1. The summed E-state index contributed by atoms with van der Waals surface area (Å²) in [7, 11) is 0. The van der Waals surface area contributed by atoms with Gasteiger partial charge < -0.3 is 10.6 Å². The number of anilines is 2. The Bertz CT molecular complexity index is 402. The lowest BCUT2D eigenvalue weighted by Gasteiger charge is -2.09. The van der Waals surface area contributed by atoms with Crippen molar-refractivity contribution < 1.29 is 9.59 Å². The summed E-state index contributed by atoms with van der Waals surface area (Å²) in [6.45, 7) is 3.95. The first kappa shape index (κ1) is 13.2. The van der Waals surface area contributed by atoms with Crippen molar-refractivity contribution in [1.29, 1.82) is 0 Å². The number of hydrogen-bond donors (Lipinski definition) is 2. The van der Waals surface area contributed by atoms with E-state index in [-0.39, 0.29) is 5.91 Å². The normalized spacial score (nSPS) is 9.76. The number of aryl methyl sites for hydroxylation is 1. The standard InChI is InChI=1S/C13H18N2O2/c1-3-4-5-13(17)15-12-7-6-11(14-9-16)8-10(12)2/h6-9H,3-5H2,1-2H3,(H,14,16)(H,15,17). The average Bonchev–Trinajstić information content (AvgIpc) is 2.30. The average molecular weight is 234 g/mol. The van der Waals surface area contributed by atoms with Crippen LogP contribution in [0.4, 0.5) is 11.4 Å². The van der Waals surface area contributed by atoms with Crippen LogP contribution in [0.15, 0.2) is 18.2 Å². The molecule has 0 spiro atoms. The van der Waals surface area contributed by atoms with Gasteiger partial charge in [0.05, 0.1) is 0 Å². The first-order valence-corrected chi connectivity index (χ1v) is 5.78. The Labute approximate surface area is 101 Å². The smallest absolute Gasteiger partial charge is 0.224 e. The molecule has 0 aliphatic heterocycles. The molecule has 1 rings (SSSR count). The second-order valence-corrected chi connectivity index (χ2v) is 3.94. The maximum absolute atomic E-state index is 11.6. The van der Waals surface area contributed by atoms with E-state index in [9.17, 15) is 9.59 Å². The molecule has 0 radical (unpaired) electrons. The summed E-state index contributed by atoms with van der Waals surface area (Å²) >= 11 is 0. The Morgan fingerprint density at radius 1 is 1.41 bits per heavy atom. The lowest BCUT2D eigenvalue weighted by Crippen LogP contribution is -2.12. The SMILES string of the molecule is CCCCC(=O)Nc1ccc(NC=O)cc1C. The van der Waals surface area contributed by atoms with Gasteiger partial charge in [0.1, 0.15) is 0 Å². The molecule has 2 amide bonds. The van der Waals surface area contributed by atoms with Crippen molar-refractivity contribution >= 4 is 23.7 Å². The van der Waals surface area contributed by atoms with E-state index < -0.39 is 0 Å².